The molecule has 0 fully saturated rings. The molecule has 0 spiro atoms. The van der Waals surface area contributed by atoms with E-state index >= 15 is 0 Å². The number of aromatic nitrogens is 1. The van der Waals surface area contributed by atoms with Gasteiger partial charge in [0.05, 0.1) is 0 Å². The van der Waals surface area contributed by atoms with Crippen molar-refractivity contribution in [2.75, 3.05) is 0 Å². The molecule has 46 valence electrons. The van der Waals surface area contributed by atoms with Crippen molar-refractivity contribution in [3.63, 3.8) is 0 Å². The molecule has 0 radical (unpaired) electrons. The molecule has 0 aliphatic heterocycles. The van der Waals surface area contributed by atoms with Crippen molar-refractivity contribution < 1.29 is 24.2 Å². The van der Waals surface area contributed by atoms with Gasteiger partial charge in [0.15, 0.2) is 6.20 Å². The molecule has 5 heteroatoms. The Labute approximate surface area is 100 Å². The summed E-state index contributed by atoms with van der Waals surface area (Å²) in [5.74, 6) is 0. The van der Waals surface area contributed by atoms with Gasteiger partial charge in [-0.3, -0.25) is 0 Å². The summed E-state index contributed by atoms with van der Waals surface area (Å²) in [7, 11) is 0. The molecule has 0 atom stereocenters. The second-order valence-electron chi connectivity index (χ2n) is 1.38. The Kier molecular flexibility index (Phi) is 8.95. The molecule has 0 saturated heterocycles. The van der Waals surface area contributed by atoms with E-state index < -0.39 is 0 Å². The van der Waals surface area contributed by atoms with Crippen molar-refractivity contribution in [1.82, 2.24) is 0 Å². The number of hydrogen-bond donors (Lipinski definition) is 1. The number of pyridine rings is 1. The molecule has 0 saturated carbocycles. The largest absolute Gasteiger partial charge is 0.618 e. The molecule has 0 aliphatic rings. The third-order valence-electron chi connectivity index (χ3n) is 0.804. The maximum absolute atomic E-state index is 10.5. The maximum atomic E-state index is 10.5. The van der Waals surface area contributed by atoms with Crippen LogP contribution in [0.3, 0.4) is 0 Å². The zero-order chi connectivity index (χ0) is 5.98. The minimum absolute atomic E-state index is 0. The van der Waals surface area contributed by atoms with Crippen molar-refractivity contribution in [3.05, 3.63) is 29.6 Å². The van der Waals surface area contributed by atoms with Crippen LogP contribution in [-0.4, -0.2) is 29.6 Å². The van der Waals surface area contributed by atoms with Crippen molar-refractivity contribution >= 4 is 42.2 Å². The molecule has 0 bridgehead atoms. The van der Waals surface area contributed by atoms with Gasteiger partial charge in [-0.2, -0.15) is 4.73 Å². The van der Waals surface area contributed by atoms with Crippen molar-refractivity contribution in [2.45, 2.75) is 5.03 Å². The van der Waals surface area contributed by atoms with Gasteiger partial charge in [0.2, 0.25) is 5.03 Å². The van der Waals surface area contributed by atoms with Crippen LogP contribution in [-0.2, 0) is 19.5 Å². The quantitative estimate of drug-likeness (QED) is 0.280. The second-order valence-corrected chi connectivity index (χ2v) is 1.84. The topological polar surface area (TPSA) is 26.9 Å². The normalized spacial score (nSPS) is 7.30. The summed E-state index contributed by atoms with van der Waals surface area (Å²) < 4.78 is 0.698. The number of rotatable bonds is 0. The van der Waals surface area contributed by atoms with E-state index in [2.05, 4.69) is 12.6 Å². The maximum Gasteiger partial charge on any atom is 0.248 e. The van der Waals surface area contributed by atoms with Gasteiger partial charge >= 0.3 is 29.6 Å². The average molecular weight is 217 g/mol. The number of nitrogens with zero attached hydrogens (tertiary/aromatic N) is 1. The van der Waals surface area contributed by atoms with Gasteiger partial charge in [0, 0.05) is 31.6 Å². The molecule has 0 N–H and O–H groups in total. The van der Waals surface area contributed by atoms with E-state index in [4.69, 9.17) is 0 Å². The number of hydrogen-bond acceptors (Lipinski definition) is 2. The van der Waals surface area contributed by atoms with Gasteiger partial charge in [-0.25, -0.2) is 0 Å². The van der Waals surface area contributed by atoms with Crippen LogP contribution in [0.1, 0.15) is 0 Å². The van der Waals surface area contributed by atoms with Gasteiger partial charge in [-0.1, -0.05) is 12.6 Å². The van der Waals surface area contributed by atoms with Gasteiger partial charge in [-0.05, 0) is 6.07 Å². The van der Waals surface area contributed by atoms with Crippen LogP contribution in [0.5, 0.6) is 0 Å². The summed E-state index contributed by atoms with van der Waals surface area (Å²) in [4.78, 5) is 0. The monoisotopic (exact) mass is 215 g/mol. The molecular formula is C5H6NNaOSZn. The van der Waals surface area contributed by atoms with E-state index in [1.54, 1.807) is 18.2 Å². The minimum Gasteiger partial charge on any atom is -0.618 e. The van der Waals surface area contributed by atoms with E-state index in [-0.39, 0.29) is 49.0 Å². The first-order valence-corrected chi connectivity index (χ1v) is 2.62. The molecule has 0 aromatic carbocycles. The molecule has 0 unspecified atom stereocenters. The van der Waals surface area contributed by atoms with Gasteiger partial charge in [-0.15, -0.1) is 0 Å². The SMILES string of the molecule is [NaH].[O-][n+]1ccccc1S.[Zn]. The Balaban J connectivity index is 0. The Morgan fingerprint density at radius 1 is 1.40 bits per heavy atom. The van der Waals surface area contributed by atoms with Crippen LogP contribution in [0.4, 0.5) is 0 Å². The Hall–Kier alpha value is 0.923. The number of thiol groups is 1. The summed E-state index contributed by atoms with van der Waals surface area (Å²) in [5, 5.41) is 10.9. The van der Waals surface area contributed by atoms with Gasteiger partial charge < -0.3 is 5.21 Å². The predicted octanol–water partition coefficient (Wildman–Crippen LogP) is -0.0423. The first-order valence-electron chi connectivity index (χ1n) is 2.18. The fourth-order valence-electron chi connectivity index (χ4n) is 0.419. The molecular weight excluding hydrogens is 211 g/mol. The molecule has 1 rings (SSSR count). The van der Waals surface area contributed by atoms with Crippen LogP contribution in [0, 0.1) is 5.21 Å². The zero-order valence-electron chi connectivity index (χ0n) is 4.82. The zero-order valence-corrected chi connectivity index (χ0v) is 8.68. The third kappa shape index (κ3) is 3.94. The van der Waals surface area contributed by atoms with E-state index in [9.17, 15) is 5.21 Å². The Bertz CT molecular complexity index is 178. The van der Waals surface area contributed by atoms with Crippen LogP contribution in [0.25, 0.3) is 0 Å². The predicted molar refractivity (Wildman–Crippen MR) is 39.8 cm³/mol. The van der Waals surface area contributed by atoms with Crippen molar-refractivity contribution in [1.29, 1.82) is 0 Å². The third-order valence-corrected chi connectivity index (χ3v) is 1.15. The molecule has 1 aromatic rings. The van der Waals surface area contributed by atoms with E-state index in [1.807, 2.05) is 0 Å². The van der Waals surface area contributed by atoms with Crippen molar-refractivity contribution in [2.24, 2.45) is 0 Å². The fraction of sp³-hybridized carbons (Fsp3) is 0. The average Bonchev–Trinajstić information content (AvgIpc) is 1.77. The molecule has 2 nitrogen and oxygen atoms in total. The van der Waals surface area contributed by atoms with Crippen LogP contribution >= 0.6 is 12.6 Å². The Morgan fingerprint density at radius 3 is 2.30 bits per heavy atom. The summed E-state index contributed by atoms with van der Waals surface area (Å²) in [6.45, 7) is 0. The standard InChI is InChI=1S/C5H5NOS.Na.Zn.H/c7-6-4-2-1-3-5(6)8;;;/h1-4,8H;;;. The minimum atomic E-state index is 0. The fourth-order valence-corrected chi connectivity index (χ4v) is 0.572. The van der Waals surface area contributed by atoms with Crippen LogP contribution in [0.2, 0.25) is 0 Å². The smallest absolute Gasteiger partial charge is 0.248 e. The second kappa shape index (κ2) is 6.62. The summed E-state index contributed by atoms with van der Waals surface area (Å²) in [6, 6.07) is 5.06. The molecule has 0 amide bonds. The summed E-state index contributed by atoms with van der Waals surface area (Å²) in [5.41, 5.74) is 0. The van der Waals surface area contributed by atoms with Crippen LogP contribution in [0.15, 0.2) is 29.4 Å². The van der Waals surface area contributed by atoms with E-state index in [0.717, 1.165) is 0 Å². The van der Waals surface area contributed by atoms with Gasteiger partial charge in [0.1, 0.15) is 0 Å². The Morgan fingerprint density at radius 2 is 2.00 bits per heavy atom. The molecule has 0 aliphatic carbocycles. The molecule has 10 heavy (non-hydrogen) atoms. The van der Waals surface area contributed by atoms with E-state index in [0.29, 0.717) is 9.76 Å². The van der Waals surface area contributed by atoms with Gasteiger partial charge in [0.25, 0.3) is 0 Å². The first-order chi connectivity index (χ1) is 3.80. The summed E-state index contributed by atoms with van der Waals surface area (Å²) >= 11 is 3.85. The summed E-state index contributed by atoms with van der Waals surface area (Å²) in [6.07, 6.45) is 1.41. The first kappa shape index (κ1) is 13.5. The van der Waals surface area contributed by atoms with Crippen molar-refractivity contribution in [3.8, 4) is 0 Å². The van der Waals surface area contributed by atoms with E-state index in [1.165, 1.54) is 6.20 Å². The molecule has 1 aromatic heterocycles. The molecule has 1 heterocycles. The van der Waals surface area contributed by atoms with Crippen LogP contribution < -0.4 is 4.73 Å².